The molecule has 10 heteroatoms. The highest BCUT2D eigenvalue weighted by Gasteiger charge is 2.51. The molecule has 0 amide bonds. The number of hydrogen-bond acceptors (Lipinski definition) is 10. The van der Waals surface area contributed by atoms with Crippen molar-refractivity contribution in [1.82, 2.24) is 0 Å². The SMILES string of the molecule is C[C@H]1O[C@H](OC[C@H]2O[C@H](O)[C@H](OCc3ccccc3)[C@@H](OCc3ccccc3)[C@@H]2OCc2ccccc2)[C@H](OCc2ccccc2)[C@H](OCc2ccccc2)[C@H]1OCc1ccccc1. The lowest BCUT2D eigenvalue weighted by atomic mass is 9.97. The van der Waals surface area contributed by atoms with Gasteiger partial charge in [-0.15, -0.1) is 0 Å². The second-order valence-corrected chi connectivity index (χ2v) is 16.2. The van der Waals surface area contributed by atoms with Crippen LogP contribution in [0.25, 0.3) is 0 Å². The smallest absolute Gasteiger partial charge is 0.186 e. The van der Waals surface area contributed by atoms with Gasteiger partial charge in [0, 0.05) is 0 Å². The van der Waals surface area contributed by atoms with Crippen LogP contribution in [0.15, 0.2) is 182 Å². The Labute approximate surface area is 376 Å². The highest BCUT2D eigenvalue weighted by atomic mass is 16.7. The Morgan fingerprint density at radius 2 is 0.641 bits per heavy atom. The number of rotatable bonds is 21. The van der Waals surface area contributed by atoms with Crippen molar-refractivity contribution in [1.29, 1.82) is 0 Å². The number of aliphatic hydroxyl groups is 1. The molecular formula is C54H58O10. The molecule has 2 aliphatic rings. The summed E-state index contributed by atoms with van der Waals surface area (Å²) in [6.45, 7) is 3.61. The van der Waals surface area contributed by atoms with E-state index in [0.29, 0.717) is 13.2 Å². The van der Waals surface area contributed by atoms with E-state index >= 15 is 0 Å². The zero-order valence-electron chi connectivity index (χ0n) is 36.2. The van der Waals surface area contributed by atoms with Crippen LogP contribution < -0.4 is 0 Å². The van der Waals surface area contributed by atoms with Crippen LogP contribution in [0.3, 0.4) is 0 Å². The van der Waals surface area contributed by atoms with Crippen molar-refractivity contribution in [2.45, 2.75) is 108 Å². The first-order valence-electron chi connectivity index (χ1n) is 22.1. The molecule has 6 aromatic rings. The zero-order chi connectivity index (χ0) is 43.8. The van der Waals surface area contributed by atoms with Crippen LogP contribution in [-0.2, 0) is 82.3 Å². The summed E-state index contributed by atoms with van der Waals surface area (Å²) >= 11 is 0. The Bertz CT molecular complexity index is 2030. The molecule has 0 unspecified atom stereocenters. The molecule has 64 heavy (non-hydrogen) atoms. The average molecular weight is 867 g/mol. The first-order chi connectivity index (χ1) is 31.6. The molecule has 0 bridgehead atoms. The van der Waals surface area contributed by atoms with Gasteiger partial charge in [0.1, 0.15) is 42.7 Å². The third-order valence-electron chi connectivity index (χ3n) is 11.5. The molecule has 0 radical (unpaired) electrons. The lowest BCUT2D eigenvalue weighted by Gasteiger charge is -2.47. The normalized spacial score (nSPS) is 25.8. The third kappa shape index (κ3) is 12.8. The van der Waals surface area contributed by atoms with E-state index in [1.54, 1.807) is 0 Å². The van der Waals surface area contributed by atoms with Crippen molar-refractivity contribution >= 4 is 0 Å². The molecule has 2 aliphatic heterocycles. The molecule has 1 N–H and O–H groups in total. The van der Waals surface area contributed by atoms with Gasteiger partial charge in [0.15, 0.2) is 12.6 Å². The van der Waals surface area contributed by atoms with Gasteiger partial charge in [-0.05, 0) is 40.3 Å². The molecule has 10 atom stereocenters. The fraction of sp³-hybridized carbons (Fsp3) is 0.333. The first kappa shape index (κ1) is 45.5. The van der Waals surface area contributed by atoms with Gasteiger partial charge in [-0.25, -0.2) is 0 Å². The van der Waals surface area contributed by atoms with Gasteiger partial charge in [-0.3, -0.25) is 0 Å². The van der Waals surface area contributed by atoms with E-state index in [9.17, 15) is 5.11 Å². The molecule has 0 aliphatic carbocycles. The molecule has 334 valence electrons. The monoisotopic (exact) mass is 866 g/mol. The summed E-state index contributed by atoms with van der Waals surface area (Å²) in [6.07, 6.45) is -7.86. The fourth-order valence-electron chi connectivity index (χ4n) is 8.09. The molecule has 0 spiro atoms. The van der Waals surface area contributed by atoms with Crippen LogP contribution >= 0.6 is 0 Å². The molecule has 6 aromatic carbocycles. The standard InChI is InChI=1S/C54H58O10/c1-39-47(56-32-40-20-8-2-9-21-40)49(58-34-42-24-12-4-13-25-42)52(61-37-45-30-18-7-19-31-45)54(63-39)62-38-46-48(57-33-41-22-10-3-11-23-41)50(59-35-43-26-14-5-15-27-43)51(53(55)64-46)60-36-44-28-16-6-17-29-44/h2-31,39,46-55H,32-38H2,1H3/t39-,46-,47+,48-,49-,50+,51-,52-,53+,54+/m1/s1. The molecule has 8 rings (SSSR count). The van der Waals surface area contributed by atoms with Gasteiger partial charge in [0.25, 0.3) is 0 Å². The minimum Gasteiger partial charge on any atom is -0.368 e. The Balaban J connectivity index is 1.07. The van der Waals surface area contributed by atoms with Crippen LogP contribution in [0, 0.1) is 0 Å². The number of aliphatic hydroxyl groups excluding tert-OH is 1. The molecule has 0 aromatic heterocycles. The van der Waals surface area contributed by atoms with Gasteiger partial charge in [0.05, 0.1) is 52.4 Å². The summed E-state index contributed by atoms with van der Waals surface area (Å²) in [6, 6.07) is 59.7. The van der Waals surface area contributed by atoms with E-state index in [1.165, 1.54) is 0 Å². The maximum Gasteiger partial charge on any atom is 0.186 e. The van der Waals surface area contributed by atoms with Gasteiger partial charge in [0.2, 0.25) is 0 Å². The number of hydrogen-bond donors (Lipinski definition) is 1. The lowest BCUT2D eigenvalue weighted by Crippen LogP contribution is -2.63. The highest BCUT2D eigenvalue weighted by molar-refractivity contribution is 5.18. The van der Waals surface area contributed by atoms with Gasteiger partial charge in [-0.2, -0.15) is 0 Å². The first-order valence-corrected chi connectivity index (χ1v) is 22.1. The summed E-state index contributed by atoms with van der Waals surface area (Å²) < 4.78 is 60.2. The largest absolute Gasteiger partial charge is 0.368 e. The maximum atomic E-state index is 11.8. The summed E-state index contributed by atoms with van der Waals surface area (Å²) in [4.78, 5) is 0. The summed E-state index contributed by atoms with van der Waals surface area (Å²) in [7, 11) is 0. The van der Waals surface area contributed by atoms with Crippen LogP contribution in [0.5, 0.6) is 0 Å². The highest BCUT2D eigenvalue weighted by Crippen LogP contribution is 2.34. The topological polar surface area (TPSA) is 103 Å². The molecule has 2 saturated heterocycles. The van der Waals surface area contributed by atoms with E-state index < -0.39 is 61.4 Å². The summed E-state index contributed by atoms with van der Waals surface area (Å²) in [5, 5.41) is 11.8. The third-order valence-corrected chi connectivity index (χ3v) is 11.5. The van der Waals surface area contributed by atoms with E-state index in [4.69, 9.17) is 42.6 Å². The fourth-order valence-corrected chi connectivity index (χ4v) is 8.09. The molecule has 2 heterocycles. The average Bonchev–Trinajstić information content (AvgIpc) is 3.35. The van der Waals surface area contributed by atoms with Crippen molar-refractivity contribution in [3.05, 3.63) is 215 Å². The minimum absolute atomic E-state index is 0.0450. The van der Waals surface area contributed by atoms with E-state index in [1.807, 2.05) is 189 Å². The Morgan fingerprint density at radius 3 is 1.02 bits per heavy atom. The quantitative estimate of drug-likeness (QED) is 0.0755. The van der Waals surface area contributed by atoms with Crippen LogP contribution in [0.2, 0.25) is 0 Å². The van der Waals surface area contributed by atoms with Crippen molar-refractivity contribution in [2.24, 2.45) is 0 Å². The predicted octanol–water partition coefficient (Wildman–Crippen LogP) is 8.98. The van der Waals surface area contributed by atoms with Gasteiger partial charge in [-0.1, -0.05) is 182 Å². The zero-order valence-corrected chi connectivity index (χ0v) is 36.2. The van der Waals surface area contributed by atoms with Crippen molar-refractivity contribution < 1.29 is 47.7 Å². The van der Waals surface area contributed by atoms with E-state index in [0.717, 1.165) is 33.4 Å². The van der Waals surface area contributed by atoms with Crippen molar-refractivity contribution in [3.8, 4) is 0 Å². The van der Waals surface area contributed by atoms with Gasteiger partial charge < -0.3 is 47.7 Å². The molecular weight excluding hydrogens is 809 g/mol. The molecule has 10 nitrogen and oxygen atoms in total. The lowest BCUT2D eigenvalue weighted by molar-refractivity contribution is -0.345. The molecule has 0 saturated carbocycles. The second kappa shape index (κ2) is 23.7. The van der Waals surface area contributed by atoms with E-state index in [2.05, 4.69) is 0 Å². The second-order valence-electron chi connectivity index (χ2n) is 16.2. The Hall–Kier alpha value is -5.08. The van der Waals surface area contributed by atoms with Crippen LogP contribution in [0.1, 0.15) is 40.3 Å². The summed E-state index contributed by atoms with van der Waals surface area (Å²) in [5.74, 6) is 0. The van der Waals surface area contributed by atoms with Crippen LogP contribution in [0.4, 0.5) is 0 Å². The van der Waals surface area contributed by atoms with Crippen LogP contribution in [-0.4, -0.2) is 73.1 Å². The number of benzene rings is 6. The van der Waals surface area contributed by atoms with E-state index in [-0.39, 0.29) is 33.0 Å². The minimum atomic E-state index is -1.37. The predicted molar refractivity (Wildman–Crippen MR) is 241 cm³/mol. The molecule has 2 fully saturated rings. The van der Waals surface area contributed by atoms with Crippen molar-refractivity contribution in [2.75, 3.05) is 6.61 Å². The Kier molecular flexibility index (Phi) is 16.9. The maximum absolute atomic E-state index is 11.8. The number of ether oxygens (including phenoxy) is 9. The van der Waals surface area contributed by atoms with Crippen molar-refractivity contribution in [3.63, 3.8) is 0 Å². The van der Waals surface area contributed by atoms with Gasteiger partial charge >= 0.3 is 0 Å². The summed E-state index contributed by atoms with van der Waals surface area (Å²) in [5.41, 5.74) is 5.90. The Morgan fingerprint density at radius 1 is 0.344 bits per heavy atom.